The molecule has 0 saturated carbocycles. The van der Waals surface area contributed by atoms with Crippen LogP contribution in [0.1, 0.15) is 51.7 Å². The molecule has 2 heterocycles. The largest absolute Gasteiger partial charge is 0.512 e. The number of hydrogen-bond acceptors (Lipinski definition) is 5. The molecule has 28 heavy (non-hydrogen) atoms. The summed E-state index contributed by atoms with van der Waals surface area (Å²) in [6, 6.07) is 1.99. The van der Waals surface area contributed by atoms with Gasteiger partial charge in [-0.3, -0.25) is 0 Å². The summed E-state index contributed by atoms with van der Waals surface area (Å²) in [7, 11) is 1.68. The van der Waals surface area contributed by atoms with E-state index in [1.54, 1.807) is 13.2 Å². The summed E-state index contributed by atoms with van der Waals surface area (Å²) in [6.45, 7) is 9.17. The molecule has 2 aliphatic heterocycles. The van der Waals surface area contributed by atoms with Crippen LogP contribution in [0.3, 0.4) is 0 Å². The van der Waals surface area contributed by atoms with E-state index in [4.69, 9.17) is 18.9 Å². The second-order valence-corrected chi connectivity index (χ2v) is 8.07. The SMILES string of the molecule is C/C=C(\C=C(\O)C[C@H]1COc2c(c(OC)cc3c2CCC(C)(C)O3)C1)OCC. The van der Waals surface area contributed by atoms with Crippen LogP contribution in [-0.4, -0.2) is 31.0 Å². The number of benzene rings is 1. The number of fused-ring (bicyclic) bond motifs is 3. The quantitative estimate of drug-likeness (QED) is 0.541. The van der Waals surface area contributed by atoms with E-state index in [1.165, 1.54) is 0 Å². The lowest BCUT2D eigenvalue weighted by Gasteiger charge is -2.36. The third kappa shape index (κ3) is 4.40. The molecule has 5 nitrogen and oxygen atoms in total. The Hall–Kier alpha value is -2.30. The normalized spacial score (nSPS) is 21.1. The number of aliphatic hydroxyl groups is 1. The first kappa shape index (κ1) is 20.4. The molecule has 154 valence electrons. The van der Waals surface area contributed by atoms with Crippen molar-refractivity contribution in [3.8, 4) is 17.2 Å². The van der Waals surface area contributed by atoms with E-state index in [0.717, 1.165) is 47.6 Å². The Morgan fingerprint density at radius 2 is 2.14 bits per heavy atom. The van der Waals surface area contributed by atoms with Gasteiger partial charge in [0.15, 0.2) is 0 Å². The van der Waals surface area contributed by atoms with Crippen LogP contribution in [0.4, 0.5) is 0 Å². The lowest BCUT2D eigenvalue weighted by Crippen LogP contribution is -2.33. The molecular weight excluding hydrogens is 356 g/mol. The second-order valence-electron chi connectivity index (χ2n) is 8.07. The molecule has 0 fully saturated rings. The zero-order chi connectivity index (χ0) is 20.3. The average molecular weight is 389 g/mol. The van der Waals surface area contributed by atoms with E-state index in [0.29, 0.717) is 31.2 Å². The molecule has 0 amide bonds. The first-order valence-corrected chi connectivity index (χ1v) is 10.1. The zero-order valence-corrected chi connectivity index (χ0v) is 17.6. The third-order valence-corrected chi connectivity index (χ3v) is 5.35. The number of aliphatic hydroxyl groups excluding tert-OH is 1. The summed E-state index contributed by atoms with van der Waals surface area (Å²) < 4.78 is 23.5. The van der Waals surface area contributed by atoms with Crippen molar-refractivity contribution in [2.45, 2.75) is 59.0 Å². The maximum absolute atomic E-state index is 10.4. The van der Waals surface area contributed by atoms with Crippen molar-refractivity contribution in [2.24, 2.45) is 5.92 Å². The second kappa shape index (κ2) is 8.38. The molecule has 0 spiro atoms. The van der Waals surface area contributed by atoms with Crippen LogP contribution in [0.25, 0.3) is 0 Å². The maximum atomic E-state index is 10.4. The monoisotopic (exact) mass is 388 g/mol. The van der Waals surface area contributed by atoms with Crippen molar-refractivity contribution in [1.82, 2.24) is 0 Å². The van der Waals surface area contributed by atoms with Gasteiger partial charge >= 0.3 is 0 Å². The number of allylic oxidation sites excluding steroid dienone is 3. The molecule has 1 aromatic carbocycles. The Balaban J connectivity index is 1.81. The molecular formula is C23H32O5. The van der Waals surface area contributed by atoms with Crippen LogP contribution in [-0.2, 0) is 17.6 Å². The van der Waals surface area contributed by atoms with E-state index in [9.17, 15) is 5.11 Å². The summed E-state index contributed by atoms with van der Waals surface area (Å²) in [6.07, 6.45) is 6.77. The van der Waals surface area contributed by atoms with Crippen LogP contribution in [0, 0.1) is 5.92 Å². The molecule has 2 aliphatic rings. The summed E-state index contributed by atoms with van der Waals surface area (Å²) in [5.74, 6) is 3.74. The maximum Gasteiger partial charge on any atom is 0.133 e. The molecule has 0 aromatic heterocycles. The van der Waals surface area contributed by atoms with Gasteiger partial charge in [0, 0.05) is 35.6 Å². The van der Waals surface area contributed by atoms with Gasteiger partial charge in [0.05, 0.1) is 26.1 Å². The van der Waals surface area contributed by atoms with Gasteiger partial charge in [0.2, 0.25) is 0 Å². The zero-order valence-electron chi connectivity index (χ0n) is 17.6. The molecule has 0 bridgehead atoms. The van der Waals surface area contributed by atoms with Crippen molar-refractivity contribution in [2.75, 3.05) is 20.3 Å². The first-order valence-electron chi connectivity index (χ1n) is 10.1. The predicted molar refractivity (Wildman–Crippen MR) is 109 cm³/mol. The third-order valence-electron chi connectivity index (χ3n) is 5.35. The minimum atomic E-state index is -0.175. The molecule has 0 saturated heterocycles. The molecule has 1 aromatic rings. The fourth-order valence-electron chi connectivity index (χ4n) is 3.93. The van der Waals surface area contributed by atoms with Gasteiger partial charge in [-0.05, 0) is 53.0 Å². The van der Waals surface area contributed by atoms with Gasteiger partial charge in [0.25, 0.3) is 0 Å². The molecule has 3 rings (SSSR count). The van der Waals surface area contributed by atoms with Crippen LogP contribution in [0.5, 0.6) is 17.2 Å². The van der Waals surface area contributed by atoms with Crippen molar-refractivity contribution < 1.29 is 24.1 Å². The van der Waals surface area contributed by atoms with Crippen molar-refractivity contribution in [3.63, 3.8) is 0 Å². The Kier molecular flexibility index (Phi) is 6.11. The van der Waals surface area contributed by atoms with Crippen LogP contribution >= 0.6 is 0 Å². The Morgan fingerprint density at radius 1 is 1.36 bits per heavy atom. The topological polar surface area (TPSA) is 57.2 Å². The van der Waals surface area contributed by atoms with E-state index >= 15 is 0 Å². The van der Waals surface area contributed by atoms with Gasteiger partial charge in [-0.25, -0.2) is 0 Å². The highest BCUT2D eigenvalue weighted by Crippen LogP contribution is 2.47. The Labute approximate surface area is 167 Å². The van der Waals surface area contributed by atoms with Gasteiger partial charge in [-0.15, -0.1) is 0 Å². The van der Waals surface area contributed by atoms with Crippen LogP contribution in [0.2, 0.25) is 0 Å². The standard InChI is InChI=1S/C23H32O5/c1-6-17(26-7-2)12-16(24)10-15-11-19-20(25-5)13-21-18(22(19)27-14-15)8-9-23(3,4)28-21/h6,12-13,15,24H,7-11,14H2,1-5H3/b16-12+,17-6+/t15-/m1/s1. The minimum absolute atomic E-state index is 0.175. The number of hydrogen-bond donors (Lipinski definition) is 1. The molecule has 5 heteroatoms. The minimum Gasteiger partial charge on any atom is -0.512 e. The van der Waals surface area contributed by atoms with Gasteiger partial charge in [-0.1, -0.05) is 0 Å². The van der Waals surface area contributed by atoms with Crippen molar-refractivity contribution >= 4 is 0 Å². The van der Waals surface area contributed by atoms with E-state index in [2.05, 4.69) is 13.8 Å². The van der Waals surface area contributed by atoms with E-state index in [1.807, 2.05) is 26.0 Å². The predicted octanol–water partition coefficient (Wildman–Crippen LogP) is 5.12. The van der Waals surface area contributed by atoms with Crippen molar-refractivity contribution in [1.29, 1.82) is 0 Å². The summed E-state index contributed by atoms with van der Waals surface area (Å²) >= 11 is 0. The highest BCUT2D eigenvalue weighted by atomic mass is 16.5. The molecule has 0 unspecified atom stereocenters. The average Bonchev–Trinajstić information content (AvgIpc) is 2.65. The number of rotatable bonds is 6. The van der Waals surface area contributed by atoms with Crippen molar-refractivity contribution in [3.05, 3.63) is 40.9 Å². The Morgan fingerprint density at radius 3 is 2.82 bits per heavy atom. The van der Waals surface area contributed by atoms with Gasteiger partial charge < -0.3 is 24.1 Å². The molecule has 0 aliphatic carbocycles. The number of methoxy groups -OCH3 is 1. The fraction of sp³-hybridized carbons (Fsp3) is 0.565. The highest BCUT2D eigenvalue weighted by molar-refractivity contribution is 5.59. The van der Waals surface area contributed by atoms with Crippen LogP contribution in [0.15, 0.2) is 29.7 Å². The summed E-state index contributed by atoms with van der Waals surface area (Å²) in [5, 5.41) is 10.4. The van der Waals surface area contributed by atoms with E-state index in [-0.39, 0.29) is 11.5 Å². The molecule has 0 radical (unpaired) electrons. The smallest absolute Gasteiger partial charge is 0.133 e. The summed E-state index contributed by atoms with van der Waals surface area (Å²) in [5.41, 5.74) is 2.04. The fourth-order valence-corrected chi connectivity index (χ4v) is 3.93. The molecule has 1 N–H and O–H groups in total. The highest BCUT2D eigenvalue weighted by Gasteiger charge is 2.34. The first-order chi connectivity index (χ1) is 13.4. The lowest BCUT2D eigenvalue weighted by atomic mass is 9.87. The van der Waals surface area contributed by atoms with Crippen LogP contribution < -0.4 is 14.2 Å². The van der Waals surface area contributed by atoms with E-state index < -0.39 is 0 Å². The Bertz CT molecular complexity index is 776. The lowest BCUT2D eigenvalue weighted by molar-refractivity contribution is 0.0815. The summed E-state index contributed by atoms with van der Waals surface area (Å²) in [4.78, 5) is 0. The van der Waals surface area contributed by atoms with Gasteiger partial charge in [-0.2, -0.15) is 0 Å². The molecule has 1 atom stereocenters. The van der Waals surface area contributed by atoms with Gasteiger partial charge in [0.1, 0.15) is 28.6 Å². The number of ether oxygens (including phenoxy) is 4.